The highest BCUT2D eigenvalue weighted by atomic mass is 16.5. The molecule has 4 rings (SSSR count). The lowest BCUT2D eigenvalue weighted by molar-refractivity contribution is 0.292. The molecule has 1 aliphatic rings. The Morgan fingerprint density at radius 2 is 1.92 bits per heavy atom. The minimum absolute atomic E-state index is 0.132. The van der Waals surface area contributed by atoms with Gasteiger partial charge in [0.15, 0.2) is 0 Å². The van der Waals surface area contributed by atoms with Gasteiger partial charge in [-0.1, -0.05) is 36.9 Å². The number of imidazole rings is 1. The van der Waals surface area contributed by atoms with Crippen molar-refractivity contribution in [2.45, 2.75) is 64.8 Å². The maximum Gasteiger partial charge on any atom is 0.141 e. The SMILES string of the molecule is Cc1noc(C)c1-c1ccc2c(c1)nc(CCO)n2C1CCCCCC1. The van der Waals surface area contributed by atoms with Crippen LogP contribution in [0.15, 0.2) is 22.7 Å². The van der Waals surface area contributed by atoms with Crippen molar-refractivity contribution in [3.05, 3.63) is 35.5 Å². The van der Waals surface area contributed by atoms with E-state index in [1.165, 1.54) is 44.0 Å². The third-order valence-electron chi connectivity index (χ3n) is 5.61. The van der Waals surface area contributed by atoms with Crippen LogP contribution >= 0.6 is 0 Å². The molecule has 0 unspecified atom stereocenters. The monoisotopic (exact) mass is 353 g/mol. The molecule has 2 heterocycles. The highest BCUT2D eigenvalue weighted by molar-refractivity contribution is 5.83. The van der Waals surface area contributed by atoms with Crippen LogP contribution in [0.5, 0.6) is 0 Å². The third-order valence-corrected chi connectivity index (χ3v) is 5.61. The van der Waals surface area contributed by atoms with Crippen molar-refractivity contribution >= 4 is 11.0 Å². The van der Waals surface area contributed by atoms with Gasteiger partial charge in [0.25, 0.3) is 0 Å². The summed E-state index contributed by atoms with van der Waals surface area (Å²) in [4.78, 5) is 4.89. The van der Waals surface area contributed by atoms with Gasteiger partial charge >= 0.3 is 0 Å². The first kappa shape index (κ1) is 17.3. The summed E-state index contributed by atoms with van der Waals surface area (Å²) in [6.07, 6.45) is 8.22. The van der Waals surface area contributed by atoms with Crippen molar-refractivity contribution in [3.63, 3.8) is 0 Å². The number of aryl methyl sites for hydroxylation is 2. The smallest absolute Gasteiger partial charge is 0.141 e. The second-order valence-corrected chi connectivity index (χ2v) is 7.42. The molecule has 1 aliphatic carbocycles. The molecular formula is C21H27N3O2. The Morgan fingerprint density at radius 1 is 1.15 bits per heavy atom. The van der Waals surface area contributed by atoms with Crippen molar-refractivity contribution in [2.75, 3.05) is 6.61 Å². The summed E-state index contributed by atoms with van der Waals surface area (Å²) in [5.74, 6) is 1.84. The Morgan fingerprint density at radius 3 is 2.58 bits per heavy atom. The Balaban J connectivity index is 1.82. The number of aliphatic hydroxyl groups excluding tert-OH is 1. The highest BCUT2D eigenvalue weighted by Gasteiger charge is 2.21. The summed E-state index contributed by atoms with van der Waals surface area (Å²) in [6.45, 7) is 4.05. The fourth-order valence-corrected chi connectivity index (χ4v) is 4.40. The van der Waals surface area contributed by atoms with Crippen LogP contribution in [0.4, 0.5) is 0 Å². The number of benzene rings is 1. The lowest BCUT2D eigenvalue weighted by Gasteiger charge is -2.20. The molecule has 26 heavy (non-hydrogen) atoms. The first-order valence-electron chi connectivity index (χ1n) is 9.74. The van der Waals surface area contributed by atoms with Gasteiger partial charge < -0.3 is 14.2 Å². The summed E-state index contributed by atoms with van der Waals surface area (Å²) >= 11 is 0. The maximum atomic E-state index is 9.53. The van der Waals surface area contributed by atoms with Crippen molar-refractivity contribution < 1.29 is 9.63 Å². The van der Waals surface area contributed by atoms with Crippen molar-refractivity contribution in [1.82, 2.24) is 14.7 Å². The molecule has 0 aliphatic heterocycles. The number of hydrogen-bond acceptors (Lipinski definition) is 4. The predicted molar refractivity (Wildman–Crippen MR) is 102 cm³/mol. The van der Waals surface area contributed by atoms with E-state index in [4.69, 9.17) is 9.51 Å². The summed E-state index contributed by atoms with van der Waals surface area (Å²) in [6, 6.07) is 6.95. The molecule has 5 heteroatoms. The maximum absolute atomic E-state index is 9.53. The van der Waals surface area contributed by atoms with Crippen LogP contribution in [-0.2, 0) is 6.42 Å². The lowest BCUT2D eigenvalue weighted by atomic mass is 10.0. The topological polar surface area (TPSA) is 64.1 Å². The summed E-state index contributed by atoms with van der Waals surface area (Å²) in [5, 5.41) is 13.6. The summed E-state index contributed by atoms with van der Waals surface area (Å²) < 4.78 is 7.73. The number of aliphatic hydroxyl groups is 1. The highest BCUT2D eigenvalue weighted by Crippen LogP contribution is 2.34. The largest absolute Gasteiger partial charge is 0.396 e. The van der Waals surface area contributed by atoms with Gasteiger partial charge in [-0.2, -0.15) is 0 Å². The van der Waals surface area contributed by atoms with Crippen LogP contribution < -0.4 is 0 Å². The number of fused-ring (bicyclic) bond motifs is 1. The van der Waals surface area contributed by atoms with E-state index in [9.17, 15) is 5.11 Å². The molecule has 3 aromatic rings. The van der Waals surface area contributed by atoms with Gasteiger partial charge in [0.05, 0.1) is 23.3 Å². The zero-order chi connectivity index (χ0) is 18.1. The van der Waals surface area contributed by atoms with Crippen LogP contribution in [0, 0.1) is 13.8 Å². The van der Waals surface area contributed by atoms with E-state index in [2.05, 4.69) is 27.9 Å². The van der Waals surface area contributed by atoms with E-state index in [0.717, 1.165) is 33.9 Å². The molecule has 1 N–H and O–H groups in total. The standard InChI is InChI=1S/C21H27N3O2/c1-14-21(15(2)26-23-14)16-9-10-19-18(13-16)22-20(11-12-25)24(19)17-7-5-3-4-6-8-17/h9-10,13,17,25H,3-8,11-12H2,1-2H3. The predicted octanol–water partition coefficient (Wildman–Crippen LogP) is 4.74. The van der Waals surface area contributed by atoms with E-state index in [1.807, 2.05) is 13.8 Å². The molecule has 5 nitrogen and oxygen atoms in total. The fourth-order valence-electron chi connectivity index (χ4n) is 4.40. The summed E-state index contributed by atoms with van der Waals surface area (Å²) in [5.41, 5.74) is 5.22. The molecule has 0 spiro atoms. The quantitative estimate of drug-likeness (QED) is 0.688. The van der Waals surface area contributed by atoms with Gasteiger partial charge in [0.2, 0.25) is 0 Å². The number of aromatic nitrogens is 3. The average Bonchev–Trinajstić information content (AvgIpc) is 3.01. The van der Waals surface area contributed by atoms with Crippen LogP contribution in [0.3, 0.4) is 0 Å². The average molecular weight is 353 g/mol. The van der Waals surface area contributed by atoms with Crippen molar-refractivity contribution in [1.29, 1.82) is 0 Å². The molecule has 1 aromatic carbocycles. The van der Waals surface area contributed by atoms with Crippen LogP contribution in [0.1, 0.15) is 61.8 Å². The molecule has 2 aromatic heterocycles. The Hall–Kier alpha value is -2.14. The number of hydrogen-bond donors (Lipinski definition) is 1. The first-order valence-corrected chi connectivity index (χ1v) is 9.74. The van der Waals surface area contributed by atoms with E-state index >= 15 is 0 Å². The first-order chi connectivity index (χ1) is 12.7. The van der Waals surface area contributed by atoms with Crippen LogP contribution in [0.25, 0.3) is 22.2 Å². The van der Waals surface area contributed by atoms with E-state index in [0.29, 0.717) is 12.5 Å². The van der Waals surface area contributed by atoms with Crippen LogP contribution in [0.2, 0.25) is 0 Å². The minimum atomic E-state index is 0.132. The fraction of sp³-hybridized carbons (Fsp3) is 0.524. The molecule has 1 saturated carbocycles. The Kier molecular flexibility index (Phi) is 4.81. The van der Waals surface area contributed by atoms with Gasteiger partial charge in [-0.15, -0.1) is 0 Å². The molecule has 0 atom stereocenters. The van der Waals surface area contributed by atoms with E-state index < -0.39 is 0 Å². The normalized spacial score (nSPS) is 16.3. The molecule has 1 fully saturated rings. The third kappa shape index (κ3) is 3.05. The van der Waals surface area contributed by atoms with E-state index in [-0.39, 0.29) is 6.61 Å². The minimum Gasteiger partial charge on any atom is -0.396 e. The molecule has 138 valence electrons. The van der Waals surface area contributed by atoms with Gasteiger partial charge in [0, 0.05) is 18.0 Å². The van der Waals surface area contributed by atoms with Crippen molar-refractivity contribution in [3.8, 4) is 11.1 Å². The Labute approximate surface area is 154 Å². The van der Waals surface area contributed by atoms with Gasteiger partial charge in [0.1, 0.15) is 11.6 Å². The van der Waals surface area contributed by atoms with Crippen molar-refractivity contribution in [2.24, 2.45) is 0 Å². The lowest BCUT2D eigenvalue weighted by Crippen LogP contribution is -2.13. The number of nitrogens with zero attached hydrogens (tertiary/aromatic N) is 3. The molecule has 0 bridgehead atoms. The second-order valence-electron chi connectivity index (χ2n) is 7.42. The second kappa shape index (κ2) is 7.23. The van der Waals surface area contributed by atoms with Gasteiger partial charge in [-0.25, -0.2) is 4.98 Å². The molecule has 0 saturated heterocycles. The zero-order valence-corrected chi connectivity index (χ0v) is 15.7. The summed E-state index contributed by atoms with van der Waals surface area (Å²) in [7, 11) is 0. The van der Waals surface area contributed by atoms with Gasteiger partial charge in [-0.3, -0.25) is 0 Å². The number of rotatable bonds is 4. The van der Waals surface area contributed by atoms with Crippen LogP contribution in [-0.4, -0.2) is 26.4 Å². The molecule has 0 radical (unpaired) electrons. The van der Waals surface area contributed by atoms with Gasteiger partial charge in [-0.05, 0) is 44.4 Å². The molecule has 0 amide bonds. The molecular weight excluding hydrogens is 326 g/mol. The zero-order valence-electron chi connectivity index (χ0n) is 15.7. The Bertz CT molecular complexity index is 882. The van der Waals surface area contributed by atoms with E-state index in [1.54, 1.807) is 0 Å².